The van der Waals surface area contributed by atoms with Crippen LogP contribution in [0.2, 0.25) is 0 Å². The van der Waals surface area contributed by atoms with Crippen molar-refractivity contribution >= 4 is 28.9 Å². The summed E-state index contributed by atoms with van der Waals surface area (Å²) in [4.78, 5) is 16.1. The van der Waals surface area contributed by atoms with E-state index in [-0.39, 0.29) is 17.6 Å². The van der Waals surface area contributed by atoms with Gasteiger partial charge in [-0.3, -0.25) is 4.79 Å². The summed E-state index contributed by atoms with van der Waals surface area (Å²) < 4.78 is 5.37. The maximum Gasteiger partial charge on any atom is 0.227 e. The van der Waals surface area contributed by atoms with Crippen molar-refractivity contribution in [2.24, 2.45) is 5.92 Å². The van der Waals surface area contributed by atoms with Crippen molar-refractivity contribution in [3.63, 3.8) is 0 Å². The van der Waals surface area contributed by atoms with Gasteiger partial charge in [0.05, 0.1) is 32.0 Å². The lowest BCUT2D eigenvalue weighted by Gasteiger charge is -2.33. The number of rotatable bonds is 5. The number of ether oxygens (including phenoxy) is 1. The van der Waals surface area contributed by atoms with Crippen LogP contribution in [0, 0.1) is 5.92 Å². The Morgan fingerprint density at radius 2 is 1.96 bits per heavy atom. The fraction of sp³-hybridized carbons (Fsp3) is 0.579. The summed E-state index contributed by atoms with van der Waals surface area (Å²) >= 11 is 5.51. The smallest absolute Gasteiger partial charge is 0.227 e. The number of morpholine rings is 1. The van der Waals surface area contributed by atoms with Crippen LogP contribution in [0.4, 0.5) is 5.69 Å². The molecule has 0 radical (unpaired) electrons. The lowest BCUT2D eigenvalue weighted by atomic mass is 9.96. The van der Waals surface area contributed by atoms with E-state index in [1.165, 1.54) is 0 Å². The molecular weight excluding hydrogens is 364 g/mol. The molecule has 2 aliphatic heterocycles. The Balaban J connectivity index is 1.37. The van der Waals surface area contributed by atoms with Crippen LogP contribution in [0.25, 0.3) is 0 Å². The number of carbonyl (C=O) groups excluding carboxylic acids is 1. The average molecular weight is 394 g/mol. The van der Waals surface area contributed by atoms with E-state index in [4.69, 9.17) is 17.0 Å². The predicted molar refractivity (Wildman–Crippen MR) is 108 cm³/mol. The number of hydrogen-bond donors (Lipinski definition) is 4. The van der Waals surface area contributed by atoms with Crippen molar-refractivity contribution in [2.45, 2.75) is 12.8 Å². The van der Waals surface area contributed by atoms with Gasteiger partial charge in [-0.25, -0.2) is 0 Å². The van der Waals surface area contributed by atoms with E-state index in [9.17, 15) is 9.90 Å². The number of phenols is 1. The van der Waals surface area contributed by atoms with Crippen molar-refractivity contribution in [3.05, 3.63) is 24.3 Å². The van der Waals surface area contributed by atoms with E-state index < -0.39 is 0 Å². The third-order valence-electron chi connectivity index (χ3n) is 5.27. The SMILES string of the molecule is O=C(Nc1ccccc1O)C1CCN(C(=S)NCC[NH+]2CCOCC2)CC1. The highest BCUT2D eigenvalue weighted by Crippen LogP contribution is 2.24. The number of benzene rings is 1. The molecule has 1 aromatic carbocycles. The van der Waals surface area contributed by atoms with Crippen molar-refractivity contribution in [1.82, 2.24) is 10.2 Å². The van der Waals surface area contributed by atoms with E-state index >= 15 is 0 Å². The molecule has 0 aromatic heterocycles. The summed E-state index contributed by atoms with van der Waals surface area (Å²) in [5.41, 5.74) is 0.465. The zero-order valence-electron chi connectivity index (χ0n) is 15.6. The number of amides is 1. The monoisotopic (exact) mass is 393 g/mol. The molecule has 0 saturated carbocycles. The zero-order chi connectivity index (χ0) is 19.1. The molecular formula is C19H29N4O3S+. The maximum atomic E-state index is 12.4. The summed E-state index contributed by atoms with van der Waals surface area (Å²) in [5.74, 6) is 0.00320. The third kappa shape index (κ3) is 5.79. The van der Waals surface area contributed by atoms with Gasteiger partial charge in [0.2, 0.25) is 5.91 Å². The van der Waals surface area contributed by atoms with Crippen molar-refractivity contribution in [2.75, 3.05) is 57.8 Å². The average Bonchev–Trinajstić information content (AvgIpc) is 2.70. The van der Waals surface area contributed by atoms with Gasteiger partial charge in [0.15, 0.2) is 5.11 Å². The number of piperidine rings is 1. The van der Waals surface area contributed by atoms with E-state index in [0.29, 0.717) is 5.69 Å². The first kappa shape index (κ1) is 19.9. The van der Waals surface area contributed by atoms with Gasteiger partial charge in [0.25, 0.3) is 0 Å². The van der Waals surface area contributed by atoms with E-state index in [1.807, 2.05) is 0 Å². The molecule has 148 valence electrons. The van der Waals surface area contributed by atoms with Crippen LogP contribution in [0.3, 0.4) is 0 Å². The van der Waals surface area contributed by atoms with Crippen LogP contribution in [-0.4, -0.2) is 73.5 Å². The Hall–Kier alpha value is -1.90. The second-order valence-electron chi connectivity index (χ2n) is 7.11. The largest absolute Gasteiger partial charge is 0.506 e. The molecule has 8 heteroatoms. The van der Waals surface area contributed by atoms with Crippen molar-refractivity contribution < 1.29 is 19.5 Å². The number of nitrogens with zero attached hydrogens (tertiary/aromatic N) is 1. The molecule has 1 amide bonds. The van der Waals surface area contributed by atoms with Crippen LogP contribution in [0.1, 0.15) is 12.8 Å². The number of aromatic hydroxyl groups is 1. The number of likely N-dealkylation sites (tertiary alicyclic amines) is 1. The van der Waals surface area contributed by atoms with Gasteiger partial charge >= 0.3 is 0 Å². The molecule has 1 aromatic rings. The highest BCUT2D eigenvalue weighted by Gasteiger charge is 2.26. The minimum Gasteiger partial charge on any atom is -0.506 e. The molecule has 3 rings (SSSR count). The van der Waals surface area contributed by atoms with Crippen LogP contribution in [0.15, 0.2) is 24.3 Å². The van der Waals surface area contributed by atoms with Crippen LogP contribution in [0.5, 0.6) is 5.75 Å². The number of anilines is 1. The summed E-state index contributed by atoms with van der Waals surface area (Å²) in [6.07, 6.45) is 1.52. The summed E-state index contributed by atoms with van der Waals surface area (Å²) in [5, 5.41) is 16.8. The first-order valence-corrected chi connectivity index (χ1v) is 10.1. The summed E-state index contributed by atoms with van der Waals surface area (Å²) in [6, 6.07) is 6.80. The molecule has 2 saturated heterocycles. The van der Waals surface area contributed by atoms with Crippen molar-refractivity contribution in [3.8, 4) is 5.75 Å². The Bertz CT molecular complexity index is 644. The topological polar surface area (TPSA) is 78.3 Å². The Kier molecular flexibility index (Phi) is 7.25. The molecule has 0 atom stereocenters. The number of nitrogens with one attached hydrogen (secondary N) is 3. The van der Waals surface area contributed by atoms with Gasteiger partial charge in [-0.1, -0.05) is 12.1 Å². The first-order valence-electron chi connectivity index (χ1n) is 9.66. The lowest BCUT2D eigenvalue weighted by molar-refractivity contribution is -0.906. The van der Waals surface area contributed by atoms with E-state index in [0.717, 1.165) is 70.4 Å². The fourth-order valence-corrected chi connectivity index (χ4v) is 3.81. The van der Waals surface area contributed by atoms with E-state index in [1.54, 1.807) is 29.2 Å². The molecule has 0 spiro atoms. The van der Waals surface area contributed by atoms with Gasteiger partial charge in [0.1, 0.15) is 18.8 Å². The highest BCUT2D eigenvalue weighted by atomic mass is 32.1. The molecule has 0 bridgehead atoms. The number of phenolic OH excluding ortho intramolecular Hbond substituents is 1. The number of quaternary nitrogens is 1. The van der Waals surface area contributed by atoms with Gasteiger partial charge in [-0.05, 0) is 37.2 Å². The lowest BCUT2D eigenvalue weighted by Crippen LogP contribution is -3.14. The number of hydrogen-bond acceptors (Lipinski definition) is 4. The quantitative estimate of drug-likeness (QED) is 0.411. The maximum absolute atomic E-state index is 12.4. The van der Waals surface area contributed by atoms with E-state index in [2.05, 4.69) is 15.5 Å². The standard InChI is InChI=1S/C19H28N4O3S/c24-17-4-2-1-3-16(17)21-18(25)15-5-8-23(9-6-15)19(27)20-7-10-22-11-13-26-14-12-22/h1-4,15,24H,5-14H2,(H,20,27)(H,21,25)/p+1. The first-order chi connectivity index (χ1) is 13.1. The number of thiocarbonyl (C=S) groups is 1. The number of para-hydroxylation sites is 2. The Morgan fingerprint density at radius 3 is 2.67 bits per heavy atom. The second kappa shape index (κ2) is 9.87. The summed E-state index contributed by atoms with van der Waals surface area (Å²) in [7, 11) is 0. The molecule has 4 N–H and O–H groups in total. The molecule has 0 aliphatic carbocycles. The van der Waals surface area contributed by atoms with Gasteiger partial charge in [-0.15, -0.1) is 0 Å². The van der Waals surface area contributed by atoms with Crippen LogP contribution < -0.4 is 15.5 Å². The van der Waals surface area contributed by atoms with Gasteiger partial charge in [-0.2, -0.15) is 0 Å². The molecule has 2 fully saturated rings. The zero-order valence-corrected chi connectivity index (χ0v) is 16.4. The minimum atomic E-state index is -0.0542. The third-order valence-corrected chi connectivity index (χ3v) is 5.67. The molecule has 2 aliphatic rings. The molecule has 27 heavy (non-hydrogen) atoms. The van der Waals surface area contributed by atoms with Gasteiger partial charge < -0.3 is 30.3 Å². The summed E-state index contributed by atoms with van der Waals surface area (Å²) in [6.45, 7) is 7.26. The Morgan fingerprint density at radius 1 is 1.26 bits per heavy atom. The Labute approximate surface area is 165 Å². The van der Waals surface area contributed by atoms with Crippen LogP contribution >= 0.6 is 12.2 Å². The molecule has 0 unspecified atom stereocenters. The molecule has 7 nitrogen and oxygen atoms in total. The minimum absolute atomic E-state index is 0.0362. The highest BCUT2D eigenvalue weighted by molar-refractivity contribution is 7.80. The predicted octanol–water partition coefficient (Wildman–Crippen LogP) is -0.168. The number of carbonyl (C=O) groups is 1. The second-order valence-corrected chi connectivity index (χ2v) is 7.50. The van der Waals surface area contributed by atoms with Gasteiger partial charge in [0, 0.05) is 19.0 Å². The van der Waals surface area contributed by atoms with Crippen LogP contribution in [-0.2, 0) is 9.53 Å². The fourth-order valence-electron chi connectivity index (χ4n) is 3.53. The normalized spacial score (nSPS) is 18.9. The molecule has 2 heterocycles. The van der Waals surface area contributed by atoms with Crippen molar-refractivity contribution in [1.29, 1.82) is 0 Å².